The molecule has 4 rings (SSSR count). The molecule has 0 saturated carbocycles. The van der Waals surface area contributed by atoms with Gasteiger partial charge in [-0.25, -0.2) is 0 Å². The minimum atomic E-state index is -0.543. The molecule has 27 heavy (non-hydrogen) atoms. The van der Waals surface area contributed by atoms with Gasteiger partial charge in [-0.1, -0.05) is 12.1 Å². The van der Waals surface area contributed by atoms with Gasteiger partial charge in [-0.05, 0) is 61.7 Å². The molecule has 140 valence electrons. The van der Waals surface area contributed by atoms with Gasteiger partial charge in [0.2, 0.25) is 0 Å². The van der Waals surface area contributed by atoms with Crippen LogP contribution in [-0.4, -0.2) is 42.4 Å². The average molecular weight is 365 g/mol. The van der Waals surface area contributed by atoms with Gasteiger partial charge >= 0.3 is 0 Å². The first-order chi connectivity index (χ1) is 13.1. The average Bonchev–Trinajstić information content (AvgIpc) is 3.01. The molecule has 6 heteroatoms. The van der Waals surface area contributed by atoms with Gasteiger partial charge in [0.1, 0.15) is 11.5 Å². The van der Waals surface area contributed by atoms with Crippen molar-refractivity contribution in [2.45, 2.75) is 18.9 Å². The molecule has 2 aromatic rings. The molecule has 2 heterocycles. The molecule has 2 aliphatic heterocycles. The van der Waals surface area contributed by atoms with Gasteiger partial charge in [0.05, 0.1) is 5.56 Å². The van der Waals surface area contributed by atoms with Gasteiger partial charge in [0, 0.05) is 24.7 Å². The number of primary amides is 1. The Labute approximate surface area is 158 Å². The third-order valence-corrected chi connectivity index (χ3v) is 5.30. The van der Waals surface area contributed by atoms with Crippen molar-refractivity contribution in [3.8, 4) is 11.5 Å². The number of para-hydroxylation sites is 1. The summed E-state index contributed by atoms with van der Waals surface area (Å²) in [6.45, 7) is 3.26. The van der Waals surface area contributed by atoms with E-state index < -0.39 is 5.91 Å². The van der Waals surface area contributed by atoms with Gasteiger partial charge < -0.3 is 20.7 Å². The minimum Gasteiger partial charge on any atom is -0.457 e. The highest BCUT2D eigenvalue weighted by molar-refractivity contribution is 5.96. The van der Waals surface area contributed by atoms with Crippen LogP contribution in [0.3, 0.4) is 0 Å². The second kappa shape index (κ2) is 7.40. The Kier molecular flexibility index (Phi) is 4.81. The fourth-order valence-corrected chi connectivity index (χ4v) is 3.99. The highest BCUT2D eigenvalue weighted by Gasteiger charge is 2.32. The highest BCUT2D eigenvalue weighted by Crippen LogP contribution is 2.27. The van der Waals surface area contributed by atoms with E-state index in [1.165, 1.54) is 13.0 Å². The lowest BCUT2D eigenvalue weighted by Crippen LogP contribution is -2.46. The predicted molar refractivity (Wildman–Crippen MR) is 102 cm³/mol. The molecule has 2 bridgehead atoms. The minimum absolute atomic E-state index is 0.0633. The molecule has 6 nitrogen and oxygen atoms in total. The maximum absolute atomic E-state index is 12.5. The Morgan fingerprint density at radius 2 is 1.85 bits per heavy atom. The van der Waals surface area contributed by atoms with Crippen molar-refractivity contribution in [3.63, 3.8) is 0 Å². The van der Waals surface area contributed by atoms with E-state index in [4.69, 9.17) is 10.5 Å². The molecule has 2 aliphatic rings. The van der Waals surface area contributed by atoms with Crippen LogP contribution < -0.4 is 15.8 Å². The number of carbonyl (C=O) groups is 2. The monoisotopic (exact) mass is 365 g/mol. The van der Waals surface area contributed by atoms with Crippen LogP contribution in [0.25, 0.3) is 0 Å². The molecule has 3 unspecified atom stereocenters. The van der Waals surface area contributed by atoms with Gasteiger partial charge in [-0.2, -0.15) is 0 Å². The first-order valence-corrected chi connectivity index (χ1v) is 9.28. The van der Waals surface area contributed by atoms with Crippen LogP contribution in [-0.2, 0) is 0 Å². The number of carbonyl (C=O) groups excluding carboxylic acids is 2. The van der Waals surface area contributed by atoms with E-state index in [0.29, 0.717) is 28.5 Å². The second-order valence-corrected chi connectivity index (χ2v) is 7.31. The molecular formula is C21H23N3O3. The molecule has 3 N–H and O–H groups in total. The van der Waals surface area contributed by atoms with Gasteiger partial charge in [-0.3, -0.25) is 9.59 Å². The highest BCUT2D eigenvalue weighted by atomic mass is 16.5. The number of rotatable bonds is 5. The third kappa shape index (κ3) is 3.95. The maximum Gasteiger partial charge on any atom is 0.252 e. The maximum atomic E-state index is 12.5. The fraction of sp³-hybridized carbons (Fsp3) is 0.333. The summed E-state index contributed by atoms with van der Waals surface area (Å²) in [5.74, 6) is 1.05. The summed E-state index contributed by atoms with van der Waals surface area (Å²) in [5.41, 5.74) is 6.29. The zero-order valence-corrected chi connectivity index (χ0v) is 15.1. The number of nitrogens with zero attached hydrogens (tertiary/aromatic N) is 1. The number of ether oxygens (including phenoxy) is 1. The van der Waals surface area contributed by atoms with Crippen molar-refractivity contribution in [1.29, 1.82) is 0 Å². The molecule has 2 amide bonds. The molecule has 2 fully saturated rings. The fourth-order valence-electron chi connectivity index (χ4n) is 3.99. The van der Waals surface area contributed by atoms with Crippen LogP contribution in [0.15, 0.2) is 48.5 Å². The molecule has 3 atom stereocenters. The summed E-state index contributed by atoms with van der Waals surface area (Å²) < 4.78 is 5.75. The SMILES string of the molecule is NC(=O)c1ccccc1Oc1ccc(C(=O)NC2CC3CCN(C3)C2)cc1. The number of hydrogen-bond donors (Lipinski definition) is 2. The third-order valence-electron chi connectivity index (χ3n) is 5.30. The smallest absolute Gasteiger partial charge is 0.252 e. The van der Waals surface area contributed by atoms with E-state index in [1.54, 1.807) is 48.5 Å². The van der Waals surface area contributed by atoms with E-state index >= 15 is 0 Å². The van der Waals surface area contributed by atoms with Crippen molar-refractivity contribution in [2.24, 2.45) is 11.7 Å². The number of nitrogens with one attached hydrogen (secondary N) is 1. The second-order valence-electron chi connectivity index (χ2n) is 7.31. The van der Waals surface area contributed by atoms with E-state index in [-0.39, 0.29) is 11.9 Å². The van der Waals surface area contributed by atoms with E-state index in [9.17, 15) is 9.59 Å². The van der Waals surface area contributed by atoms with E-state index in [2.05, 4.69) is 10.2 Å². The van der Waals surface area contributed by atoms with Crippen LogP contribution in [0, 0.1) is 5.92 Å². The quantitative estimate of drug-likeness (QED) is 0.852. The lowest BCUT2D eigenvalue weighted by molar-refractivity contribution is 0.0908. The van der Waals surface area contributed by atoms with Gasteiger partial charge in [-0.15, -0.1) is 0 Å². The van der Waals surface area contributed by atoms with Crippen molar-refractivity contribution in [3.05, 3.63) is 59.7 Å². The number of hydrogen-bond acceptors (Lipinski definition) is 4. The summed E-state index contributed by atoms with van der Waals surface area (Å²) in [5, 5.41) is 3.15. The number of fused-ring (bicyclic) bond motifs is 2. The standard InChI is InChI=1S/C21H23N3O3/c22-20(25)18-3-1-2-4-19(18)27-17-7-5-15(6-8-17)21(26)23-16-11-14-9-10-24(12-14)13-16/h1-8,14,16H,9-13H2,(H2,22,25)(H,23,26). The van der Waals surface area contributed by atoms with Crippen LogP contribution >= 0.6 is 0 Å². The summed E-state index contributed by atoms with van der Waals surface area (Å²) >= 11 is 0. The normalized spacial score (nSPS) is 23.6. The van der Waals surface area contributed by atoms with Crippen LogP contribution in [0.1, 0.15) is 33.6 Å². The van der Waals surface area contributed by atoms with Crippen molar-refractivity contribution < 1.29 is 14.3 Å². The molecule has 0 radical (unpaired) electrons. The first-order valence-electron chi connectivity index (χ1n) is 9.28. The van der Waals surface area contributed by atoms with E-state index in [1.807, 2.05) is 0 Å². The summed E-state index contributed by atoms with van der Waals surface area (Å²) in [7, 11) is 0. The summed E-state index contributed by atoms with van der Waals surface area (Å²) in [6, 6.07) is 13.9. The summed E-state index contributed by atoms with van der Waals surface area (Å²) in [4.78, 5) is 26.4. The van der Waals surface area contributed by atoms with Crippen molar-refractivity contribution >= 4 is 11.8 Å². The van der Waals surface area contributed by atoms with E-state index in [0.717, 1.165) is 19.5 Å². The lowest BCUT2D eigenvalue weighted by Gasteiger charge is -2.30. The van der Waals surface area contributed by atoms with Crippen molar-refractivity contribution in [1.82, 2.24) is 10.2 Å². The number of benzene rings is 2. The molecule has 0 aromatic heterocycles. The van der Waals surface area contributed by atoms with Gasteiger partial charge in [0.25, 0.3) is 11.8 Å². The van der Waals surface area contributed by atoms with Crippen molar-refractivity contribution in [2.75, 3.05) is 19.6 Å². The molecular weight excluding hydrogens is 342 g/mol. The molecule has 0 aliphatic carbocycles. The van der Waals surface area contributed by atoms with Crippen LogP contribution in [0.4, 0.5) is 0 Å². The Balaban J connectivity index is 1.40. The zero-order chi connectivity index (χ0) is 18.8. The molecule has 0 spiro atoms. The van der Waals surface area contributed by atoms with Crippen LogP contribution in [0.5, 0.6) is 11.5 Å². The molecule has 2 aromatic carbocycles. The first kappa shape index (κ1) is 17.5. The number of amides is 2. The Bertz CT molecular complexity index is 838. The largest absolute Gasteiger partial charge is 0.457 e. The topological polar surface area (TPSA) is 84.7 Å². The number of nitrogens with two attached hydrogens (primary N) is 1. The number of piperidine rings is 1. The Hall–Kier alpha value is -2.86. The Morgan fingerprint density at radius 3 is 2.59 bits per heavy atom. The zero-order valence-electron chi connectivity index (χ0n) is 15.1. The molecule has 2 saturated heterocycles. The lowest BCUT2D eigenvalue weighted by atomic mass is 9.96. The van der Waals surface area contributed by atoms with Gasteiger partial charge in [0.15, 0.2) is 0 Å². The Morgan fingerprint density at radius 1 is 1.07 bits per heavy atom. The van der Waals surface area contributed by atoms with Crippen LogP contribution in [0.2, 0.25) is 0 Å². The summed E-state index contributed by atoms with van der Waals surface area (Å²) in [6.07, 6.45) is 2.30. The predicted octanol–water partition coefficient (Wildman–Crippen LogP) is 2.40.